The van der Waals surface area contributed by atoms with E-state index in [1.54, 1.807) is 18.4 Å². The van der Waals surface area contributed by atoms with Crippen LogP contribution in [0.25, 0.3) is 0 Å². The molecule has 0 saturated heterocycles. The van der Waals surface area contributed by atoms with Gasteiger partial charge in [-0.15, -0.1) is 11.3 Å². The Labute approximate surface area is 115 Å². The Balaban J connectivity index is 2.78. The zero-order chi connectivity index (χ0) is 13.6. The largest absolute Gasteiger partial charge is 0.371 e. The summed E-state index contributed by atoms with van der Waals surface area (Å²) in [6, 6.07) is 0.477. The maximum absolute atomic E-state index is 5.72. The van der Waals surface area contributed by atoms with Gasteiger partial charge in [0.15, 0.2) is 0 Å². The van der Waals surface area contributed by atoms with Crippen LogP contribution in [0.4, 0.5) is 0 Å². The zero-order valence-corrected chi connectivity index (χ0v) is 13.1. The van der Waals surface area contributed by atoms with E-state index in [0.29, 0.717) is 6.04 Å². The highest BCUT2D eigenvalue weighted by Gasteiger charge is 2.31. The van der Waals surface area contributed by atoms with Crippen LogP contribution < -0.4 is 5.32 Å². The molecule has 0 aliphatic rings. The highest BCUT2D eigenvalue weighted by molar-refractivity contribution is 7.09. The van der Waals surface area contributed by atoms with Crippen LogP contribution in [-0.2, 0) is 16.8 Å². The van der Waals surface area contributed by atoms with Crippen molar-refractivity contribution in [2.24, 2.45) is 0 Å². The van der Waals surface area contributed by atoms with Crippen LogP contribution in [0.5, 0.6) is 0 Å². The number of hydrogen-bond donors (Lipinski definition) is 1. The van der Waals surface area contributed by atoms with Crippen molar-refractivity contribution in [2.45, 2.75) is 58.6 Å². The standard InChI is InChI=1S/C14H26N2OS/c1-6-14(7-2,17-5)13-16-12(10-18-13)9-11(4)15-8-3/h10-11,15H,6-9H2,1-5H3. The monoisotopic (exact) mass is 270 g/mol. The molecule has 0 saturated carbocycles. The Morgan fingerprint density at radius 2 is 2.06 bits per heavy atom. The number of thiazole rings is 1. The van der Waals surface area contributed by atoms with Crippen LogP contribution in [0, 0.1) is 0 Å². The molecule has 0 radical (unpaired) electrons. The summed E-state index contributed by atoms with van der Waals surface area (Å²) in [6.07, 6.45) is 2.92. The van der Waals surface area contributed by atoms with Crippen molar-refractivity contribution < 1.29 is 4.74 Å². The number of rotatable bonds is 8. The van der Waals surface area contributed by atoms with Crippen molar-refractivity contribution in [2.75, 3.05) is 13.7 Å². The summed E-state index contributed by atoms with van der Waals surface area (Å²) in [5.41, 5.74) is 0.983. The highest BCUT2D eigenvalue weighted by atomic mass is 32.1. The molecule has 0 aromatic carbocycles. The molecule has 1 rings (SSSR count). The van der Waals surface area contributed by atoms with Crippen molar-refractivity contribution in [3.05, 3.63) is 16.1 Å². The molecule has 1 unspecified atom stereocenters. The topological polar surface area (TPSA) is 34.1 Å². The van der Waals surface area contributed by atoms with E-state index in [4.69, 9.17) is 9.72 Å². The van der Waals surface area contributed by atoms with Crippen molar-refractivity contribution in [3.8, 4) is 0 Å². The van der Waals surface area contributed by atoms with Crippen molar-refractivity contribution in [1.82, 2.24) is 10.3 Å². The quantitative estimate of drug-likeness (QED) is 0.786. The van der Waals surface area contributed by atoms with Gasteiger partial charge in [0.2, 0.25) is 0 Å². The maximum Gasteiger partial charge on any atom is 0.125 e. The molecule has 3 nitrogen and oxygen atoms in total. The summed E-state index contributed by atoms with van der Waals surface area (Å²) in [7, 11) is 1.79. The van der Waals surface area contributed by atoms with E-state index < -0.39 is 0 Å². The van der Waals surface area contributed by atoms with Gasteiger partial charge in [-0.05, 0) is 26.3 Å². The Morgan fingerprint density at radius 1 is 1.39 bits per heavy atom. The first-order chi connectivity index (χ1) is 8.61. The van der Waals surface area contributed by atoms with Crippen molar-refractivity contribution in [1.29, 1.82) is 0 Å². The molecule has 4 heteroatoms. The minimum Gasteiger partial charge on any atom is -0.371 e. The second-order valence-electron chi connectivity index (χ2n) is 4.71. The summed E-state index contributed by atoms with van der Waals surface area (Å²) in [5.74, 6) is 0. The van der Waals surface area contributed by atoms with Crippen LogP contribution in [0.15, 0.2) is 5.38 Å². The zero-order valence-electron chi connectivity index (χ0n) is 12.2. The molecule has 0 bridgehead atoms. The smallest absolute Gasteiger partial charge is 0.125 e. The van der Waals surface area contributed by atoms with E-state index >= 15 is 0 Å². The first kappa shape index (κ1) is 15.6. The summed E-state index contributed by atoms with van der Waals surface area (Å²) in [6.45, 7) is 9.66. The van der Waals surface area contributed by atoms with Gasteiger partial charge < -0.3 is 10.1 Å². The molecule has 1 heterocycles. The minimum atomic E-state index is -0.190. The van der Waals surface area contributed by atoms with E-state index in [1.165, 1.54) is 5.69 Å². The number of aromatic nitrogens is 1. The highest BCUT2D eigenvalue weighted by Crippen LogP contribution is 2.34. The third kappa shape index (κ3) is 3.53. The molecular weight excluding hydrogens is 244 g/mol. The van der Waals surface area contributed by atoms with E-state index in [-0.39, 0.29) is 5.60 Å². The second-order valence-corrected chi connectivity index (χ2v) is 5.57. The molecule has 1 atom stereocenters. The average Bonchev–Trinajstić information content (AvgIpc) is 2.81. The molecule has 0 aliphatic carbocycles. The summed E-state index contributed by atoms with van der Waals surface area (Å²) in [5, 5.41) is 6.71. The van der Waals surface area contributed by atoms with Crippen LogP contribution >= 0.6 is 11.3 Å². The Morgan fingerprint density at radius 3 is 2.56 bits per heavy atom. The van der Waals surface area contributed by atoms with Gasteiger partial charge in [0.05, 0.1) is 5.69 Å². The molecule has 1 aromatic heterocycles. The van der Waals surface area contributed by atoms with Crippen molar-refractivity contribution >= 4 is 11.3 Å². The van der Waals surface area contributed by atoms with Crippen LogP contribution in [0.1, 0.15) is 51.2 Å². The van der Waals surface area contributed by atoms with E-state index in [9.17, 15) is 0 Å². The summed E-state index contributed by atoms with van der Waals surface area (Å²) < 4.78 is 5.72. The molecule has 18 heavy (non-hydrogen) atoms. The van der Waals surface area contributed by atoms with Crippen LogP contribution in [-0.4, -0.2) is 24.7 Å². The first-order valence-corrected chi connectivity index (χ1v) is 7.73. The molecule has 104 valence electrons. The molecule has 1 aromatic rings. The van der Waals surface area contributed by atoms with Crippen LogP contribution in [0.3, 0.4) is 0 Å². The lowest BCUT2D eigenvalue weighted by Gasteiger charge is -2.27. The first-order valence-electron chi connectivity index (χ1n) is 6.85. The third-order valence-electron chi connectivity index (χ3n) is 3.54. The predicted octanol–water partition coefficient (Wildman–Crippen LogP) is 3.35. The van der Waals surface area contributed by atoms with E-state index in [1.807, 2.05) is 0 Å². The lowest BCUT2D eigenvalue weighted by atomic mass is 9.98. The number of likely N-dealkylation sites (N-methyl/N-ethyl adjacent to an activating group) is 1. The normalized spacial score (nSPS) is 13.8. The summed E-state index contributed by atoms with van der Waals surface area (Å²) in [4.78, 5) is 4.77. The van der Waals surface area contributed by atoms with Gasteiger partial charge in [0.25, 0.3) is 0 Å². The van der Waals surface area contributed by atoms with Gasteiger partial charge in [-0.2, -0.15) is 0 Å². The third-order valence-corrected chi connectivity index (χ3v) is 4.62. The van der Waals surface area contributed by atoms with Gasteiger partial charge in [-0.3, -0.25) is 0 Å². The van der Waals surface area contributed by atoms with E-state index in [0.717, 1.165) is 30.8 Å². The fraction of sp³-hybridized carbons (Fsp3) is 0.786. The fourth-order valence-corrected chi connectivity index (χ4v) is 3.43. The molecule has 0 spiro atoms. The SMILES string of the molecule is CCNC(C)Cc1csc(C(CC)(CC)OC)n1. The predicted molar refractivity (Wildman–Crippen MR) is 78.2 cm³/mol. The minimum absolute atomic E-state index is 0.190. The number of ether oxygens (including phenoxy) is 1. The van der Waals surface area contributed by atoms with Gasteiger partial charge in [0.1, 0.15) is 10.6 Å². The Hall–Kier alpha value is -0.450. The maximum atomic E-state index is 5.72. The van der Waals surface area contributed by atoms with Gasteiger partial charge in [-0.1, -0.05) is 20.8 Å². The Kier molecular flexibility index (Phi) is 6.26. The Bertz CT molecular complexity index is 339. The molecule has 1 N–H and O–H groups in total. The van der Waals surface area contributed by atoms with Crippen molar-refractivity contribution in [3.63, 3.8) is 0 Å². The molecule has 0 amide bonds. The fourth-order valence-electron chi connectivity index (χ4n) is 2.27. The summed E-state index contributed by atoms with van der Waals surface area (Å²) >= 11 is 1.73. The van der Waals surface area contributed by atoms with Gasteiger partial charge >= 0.3 is 0 Å². The number of methoxy groups -OCH3 is 1. The van der Waals surface area contributed by atoms with Gasteiger partial charge in [-0.25, -0.2) is 4.98 Å². The lowest BCUT2D eigenvalue weighted by Crippen LogP contribution is -2.28. The van der Waals surface area contributed by atoms with E-state index in [2.05, 4.69) is 38.4 Å². The lowest BCUT2D eigenvalue weighted by molar-refractivity contribution is -0.0219. The second kappa shape index (κ2) is 7.22. The number of nitrogens with zero attached hydrogens (tertiary/aromatic N) is 1. The molecule has 0 aliphatic heterocycles. The van der Waals surface area contributed by atoms with Crippen LogP contribution in [0.2, 0.25) is 0 Å². The molecular formula is C14H26N2OS. The average molecular weight is 270 g/mol. The number of nitrogens with one attached hydrogen (secondary N) is 1. The van der Waals surface area contributed by atoms with Gasteiger partial charge in [0, 0.05) is 25.0 Å². The molecule has 0 fully saturated rings. The number of hydrogen-bond acceptors (Lipinski definition) is 4.